The number of H-pyrrole nitrogens is 1. The molecule has 2 rings (SSSR count). The van der Waals surface area contributed by atoms with E-state index in [1.165, 1.54) is 17.8 Å². The number of aryl methyl sites for hydroxylation is 1. The molecule has 1 heterocycles. The third-order valence-electron chi connectivity index (χ3n) is 2.61. The number of hydrogen-bond acceptors (Lipinski definition) is 3. The van der Waals surface area contributed by atoms with Crippen molar-refractivity contribution in [1.82, 2.24) is 10.2 Å². The molecule has 0 aliphatic rings. The molecule has 4 nitrogen and oxygen atoms in total. The molecule has 0 aliphatic carbocycles. The number of aromatic amines is 1. The van der Waals surface area contributed by atoms with Gasteiger partial charge in [0.05, 0.1) is 5.75 Å². The number of benzene rings is 1. The molecule has 1 aromatic carbocycles. The number of nitrogens with one attached hydrogen (secondary N) is 2. The quantitative estimate of drug-likeness (QED) is 0.804. The first-order valence-corrected chi connectivity index (χ1v) is 7.39. The van der Waals surface area contributed by atoms with E-state index < -0.39 is 0 Å². The van der Waals surface area contributed by atoms with Crippen molar-refractivity contribution >= 4 is 23.5 Å². The number of rotatable bonds is 6. The molecule has 0 aliphatic heterocycles. The Labute approximate surface area is 121 Å². The van der Waals surface area contributed by atoms with Crippen LogP contribution >= 0.6 is 11.8 Å². The Morgan fingerprint density at radius 2 is 2.25 bits per heavy atom. The summed E-state index contributed by atoms with van der Waals surface area (Å²) < 4.78 is 13.4. The summed E-state index contributed by atoms with van der Waals surface area (Å²) in [5, 5.41) is 9.56. The number of halogens is 1. The molecule has 0 atom stereocenters. The molecule has 6 heteroatoms. The van der Waals surface area contributed by atoms with Crippen LogP contribution in [-0.2, 0) is 11.2 Å². The topological polar surface area (TPSA) is 57.8 Å². The third-order valence-corrected chi connectivity index (χ3v) is 3.66. The summed E-state index contributed by atoms with van der Waals surface area (Å²) in [4.78, 5) is 12.2. The number of amides is 1. The van der Waals surface area contributed by atoms with Gasteiger partial charge in [-0.3, -0.25) is 9.89 Å². The van der Waals surface area contributed by atoms with Gasteiger partial charge in [-0.15, -0.1) is 11.8 Å². The second kappa shape index (κ2) is 7.09. The molecule has 0 radical (unpaired) electrons. The Morgan fingerprint density at radius 1 is 1.45 bits per heavy atom. The fraction of sp³-hybridized carbons (Fsp3) is 0.286. The molecule has 20 heavy (non-hydrogen) atoms. The van der Waals surface area contributed by atoms with Gasteiger partial charge in [0, 0.05) is 16.7 Å². The lowest BCUT2D eigenvalue weighted by Gasteiger charge is -2.03. The zero-order valence-electron chi connectivity index (χ0n) is 11.1. The van der Waals surface area contributed by atoms with Crippen LogP contribution in [0.2, 0.25) is 0 Å². The van der Waals surface area contributed by atoms with E-state index in [-0.39, 0.29) is 17.5 Å². The Kier molecular flexibility index (Phi) is 5.17. The number of thioether (sulfide) groups is 1. The van der Waals surface area contributed by atoms with Crippen molar-refractivity contribution in [1.29, 1.82) is 0 Å². The lowest BCUT2D eigenvalue weighted by atomic mass is 10.2. The van der Waals surface area contributed by atoms with Crippen LogP contribution in [0.15, 0.2) is 35.2 Å². The Hall–Kier alpha value is -1.82. The normalized spacial score (nSPS) is 10.5. The van der Waals surface area contributed by atoms with E-state index in [1.54, 1.807) is 18.2 Å². The summed E-state index contributed by atoms with van der Waals surface area (Å²) in [7, 11) is 0. The third kappa shape index (κ3) is 4.09. The first-order chi connectivity index (χ1) is 9.69. The van der Waals surface area contributed by atoms with Crippen molar-refractivity contribution in [2.45, 2.75) is 24.7 Å². The molecule has 1 aromatic heterocycles. The Morgan fingerprint density at radius 3 is 3.00 bits per heavy atom. The lowest BCUT2D eigenvalue weighted by Crippen LogP contribution is -2.14. The van der Waals surface area contributed by atoms with Gasteiger partial charge in [-0.05, 0) is 18.6 Å². The zero-order chi connectivity index (χ0) is 14.4. The van der Waals surface area contributed by atoms with E-state index in [2.05, 4.69) is 22.4 Å². The summed E-state index contributed by atoms with van der Waals surface area (Å²) in [5.41, 5.74) is 0.990. The van der Waals surface area contributed by atoms with Crippen LogP contribution < -0.4 is 5.32 Å². The number of carbonyl (C=O) groups excluding carboxylic acids is 1. The predicted octanol–water partition coefficient (Wildman–Crippen LogP) is 3.23. The minimum Gasteiger partial charge on any atom is -0.308 e. The maximum Gasteiger partial charge on any atom is 0.235 e. The van der Waals surface area contributed by atoms with Crippen molar-refractivity contribution in [3.05, 3.63) is 41.8 Å². The van der Waals surface area contributed by atoms with Gasteiger partial charge >= 0.3 is 0 Å². The Bertz CT molecular complexity index is 585. The van der Waals surface area contributed by atoms with Gasteiger partial charge in [-0.25, -0.2) is 4.39 Å². The minimum absolute atomic E-state index is 0.150. The van der Waals surface area contributed by atoms with Gasteiger partial charge in [-0.2, -0.15) is 5.10 Å². The zero-order valence-corrected chi connectivity index (χ0v) is 12.0. The number of carbonyl (C=O) groups is 1. The smallest absolute Gasteiger partial charge is 0.235 e. The fourth-order valence-corrected chi connectivity index (χ4v) is 2.45. The number of hydrogen-bond donors (Lipinski definition) is 2. The van der Waals surface area contributed by atoms with Crippen molar-refractivity contribution < 1.29 is 9.18 Å². The van der Waals surface area contributed by atoms with Crippen LogP contribution in [0.4, 0.5) is 10.2 Å². The van der Waals surface area contributed by atoms with E-state index >= 15 is 0 Å². The molecule has 0 bridgehead atoms. The monoisotopic (exact) mass is 293 g/mol. The largest absolute Gasteiger partial charge is 0.308 e. The lowest BCUT2D eigenvalue weighted by molar-refractivity contribution is -0.113. The molecule has 1 amide bonds. The highest BCUT2D eigenvalue weighted by atomic mass is 32.2. The molecule has 0 spiro atoms. The van der Waals surface area contributed by atoms with Gasteiger partial charge in [0.25, 0.3) is 0 Å². The molecule has 106 valence electrons. The summed E-state index contributed by atoms with van der Waals surface area (Å²) in [6, 6.07) is 8.22. The van der Waals surface area contributed by atoms with Crippen molar-refractivity contribution in [2.75, 3.05) is 11.1 Å². The second-order valence-corrected chi connectivity index (χ2v) is 5.31. The predicted molar refractivity (Wildman–Crippen MR) is 78.3 cm³/mol. The van der Waals surface area contributed by atoms with Crippen LogP contribution in [0.25, 0.3) is 0 Å². The van der Waals surface area contributed by atoms with E-state index in [4.69, 9.17) is 0 Å². The number of aromatic nitrogens is 2. The van der Waals surface area contributed by atoms with Crippen LogP contribution in [0.1, 0.15) is 19.0 Å². The van der Waals surface area contributed by atoms with E-state index in [9.17, 15) is 9.18 Å². The molecule has 2 N–H and O–H groups in total. The highest BCUT2D eigenvalue weighted by Gasteiger charge is 2.08. The van der Waals surface area contributed by atoms with Gasteiger partial charge in [0.15, 0.2) is 5.82 Å². The molecule has 0 saturated heterocycles. The molecule has 0 fully saturated rings. The summed E-state index contributed by atoms with van der Waals surface area (Å²) >= 11 is 1.17. The van der Waals surface area contributed by atoms with Crippen molar-refractivity contribution in [2.24, 2.45) is 0 Å². The minimum atomic E-state index is -0.310. The van der Waals surface area contributed by atoms with E-state index in [1.807, 2.05) is 6.07 Å². The number of nitrogens with zero attached hydrogens (tertiary/aromatic N) is 1. The highest BCUT2D eigenvalue weighted by molar-refractivity contribution is 8.00. The van der Waals surface area contributed by atoms with E-state index in [0.29, 0.717) is 10.7 Å². The average Bonchev–Trinajstić information content (AvgIpc) is 2.85. The van der Waals surface area contributed by atoms with Gasteiger partial charge in [-0.1, -0.05) is 25.5 Å². The van der Waals surface area contributed by atoms with Crippen molar-refractivity contribution in [3.8, 4) is 0 Å². The maximum atomic E-state index is 13.4. The van der Waals surface area contributed by atoms with Crippen LogP contribution in [0, 0.1) is 5.82 Å². The van der Waals surface area contributed by atoms with Crippen LogP contribution in [0.3, 0.4) is 0 Å². The molecular formula is C14H16FN3OS. The first-order valence-electron chi connectivity index (χ1n) is 6.40. The van der Waals surface area contributed by atoms with Gasteiger partial charge in [0.1, 0.15) is 5.82 Å². The fourth-order valence-electron chi connectivity index (χ4n) is 1.71. The number of anilines is 1. The van der Waals surface area contributed by atoms with Gasteiger partial charge < -0.3 is 5.32 Å². The summed E-state index contributed by atoms with van der Waals surface area (Å²) in [6.45, 7) is 2.07. The Balaban J connectivity index is 1.84. The molecule has 2 aromatic rings. The highest BCUT2D eigenvalue weighted by Crippen LogP contribution is 2.21. The van der Waals surface area contributed by atoms with Crippen LogP contribution in [-0.4, -0.2) is 21.9 Å². The molecule has 0 unspecified atom stereocenters. The molecule has 0 saturated carbocycles. The molecular weight excluding hydrogens is 277 g/mol. The SMILES string of the molecule is CCCc1cc(NC(=O)CSc2ccccc2F)n[nH]1. The first kappa shape index (κ1) is 14.6. The summed E-state index contributed by atoms with van der Waals surface area (Å²) in [6.07, 6.45) is 1.91. The van der Waals surface area contributed by atoms with Crippen LogP contribution in [0.5, 0.6) is 0 Å². The standard InChI is InChI=1S/C14H16FN3OS/c1-2-5-10-8-13(18-17-10)16-14(19)9-20-12-7-4-3-6-11(12)15/h3-4,6-8H,2,5,9H2,1H3,(H2,16,17,18,19). The second-order valence-electron chi connectivity index (χ2n) is 4.30. The van der Waals surface area contributed by atoms with Crippen molar-refractivity contribution in [3.63, 3.8) is 0 Å². The van der Waals surface area contributed by atoms with Gasteiger partial charge in [0.2, 0.25) is 5.91 Å². The van der Waals surface area contributed by atoms with E-state index in [0.717, 1.165) is 18.5 Å². The average molecular weight is 293 g/mol. The maximum absolute atomic E-state index is 13.4. The summed E-state index contributed by atoms with van der Waals surface area (Å²) in [5.74, 6) is 0.146.